The molecule has 0 saturated carbocycles. The van der Waals surface area contributed by atoms with Gasteiger partial charge in [-0.25, -0.2) is 0 Å². The van der Waals surface area contributed by atoms with E-state index in [2.05, 4.69) is 42.8 Å². The van der Waals surface area contributed by atoms with Crippen molar-refractivity contribution in [3.63, 3.8) is 0 Å². The molecule has 1 heterocycles. The van der Waals surface area contributed by atoms with Crippen molar-refractivity contribution in [3.8, 4) is 0 Å². The standard InChI is InChI=1S/C15H24N2OS/c1-15(8-3-9-18-15)11-17-14(10-16)12-4-6-13(19-2)7-5-12/h4-7,14,17H,3,8-11,16H2,1-2H3. The van der Waals surface area contributed by atoms with E-state index in [0.717, 1.165) is 26.0 Å². The molecule has 4 heteroatoms. The number of ether oxygens (including phenoxy) is 1. The van der Waals surface area contributed by atoms with Gasteiger partial charge in [0.2, 0.25) is 0 Å². The molecule has 0 aromatic heterocycles. The fourth-order valence-electron chi connectivity index (χ4n) is 2.49. The van der Waals surface area contributed by atoms with E-state index in [1.54, 1.807) is 11.8 Å². The Hall–Kier alpha value is -0.550. The zero-order valence-corrected chi connectivity index (χ0v) is 12.6. The van der Waals surface area contributed by atoms with Crippen LogP contribution in [-0.4, -0.2) is 31.6 Å². The van der Waals surface area contributed by atoms with Crippen LogP contribution in [0.2, 0.25) is 0 Å². The fourth-order valence-corrected chi connectivity index (χ4v) is 2.90. The second-order valence-electron chi connectivity index (χ2n) is 5.34. The van der Waals surface area contributed by atoms with Crippen molar-refractivity contribution in [1.82, 2.24) is 5.32 Å². The Morgan fingerprint density at radius 2 is 2.16 bits per heavy atom. The molecule has 1 aliphatic heterocycles. The first-order valence-electron chi connectivity index (χ1n) is 6.88. The zero-order valence-electron chi connectivity index (χ0n) is 11.8. The van der Waals surface area contributed by atoms with Crippen LogP contribution in [0.5, 0.6) is 0 Å². The molecule has 2 unspecified atom stereocenters. The molecule has 0 radical (unpaired) electrons. The van der Waals surface area contributed by atoms with Crippen LogP contribution in [0.4, 0.5) is 0 Å². The smallest absolute Gasteiger partial charge is 0.0779 e. The second-order valence-corrected chi connectivity index (χ2v) is 6.22. The average molecular weight is 280 g/mol. The number of nitrogens with two attached hydrogens (primary N) is 1. The number of benzene rings is 1. The Bertz CT molecular complexity index is 388. The Balaban J connectivity index is 1.95. The van der Waals surface area contributed by atoms with E-state index in [4.69, 9.17) is 10.5 Å². The Labute approximate surface area is 120 Å². The fraction of sp³-hybridized carbons (Fsp3) is 0.600. The van der Waals surface area contributed by atoms with Crippen molar-refractivity contribution in [3.05, 3.63) is 29.8 Å². The first-order valence-corrected chi connectivity index (χ1v) is 8.11. The summed E-state index contributed by atoms with van der Waals surface area (Å²) in [6, 6.07) is 8.83. The van der Waals surface area contributed by atoms with Gasteiger partial charge < -0.3 is 15.8 Å². The lowest BCUT2D eigenvalue weighted by Gasteiger charge is -2.27. The highest BCUT2D eigenvalue weighted by molar-refractivity contribution is 7.98. The summed E-state index contributed by atoms with van der Waals surface area (Å²) in [5, 5.41) is 3.55. The van der Waals surface area contributed by atoms with Gasteiger partial charge >= 0.3 is 0 Å². The maximum absolute atomic E-state index is 5.89. The highest BCUT2D eigenvalue weighted by Gasteiger charge is 2.30. The summed E-state index contributed by atoms with van der Waals surface area (Å²) in [5.41, 5.74) is 7.13. The van der Waals surface area contributed by atoms with E-state index in [0.29, 0.717) is 6.54 Å². The molecule has 1 saturated heterocycles. The van der Waals surface area contributed by atoms with Gasteiger partial charge in [0, 0.05) is 30.6 Å². The molecule has 0 aliphatic carbocycles. The number of hydrogen-bond donors (Lipinski definition) is 2. The minimum atomic E-state index is -0.0212. The number of thioether (sulfide) groups is 1. The SMILES string of the molecule is CSc1ccc(C(CN)NCC2(C)CCCO2)cc1. The van der Waals surface area contributed by atoms with Gasteiger partial charge in [0.15, 0.2) is 0 Å². The van der Waals surface area contributed by atoms with Crippen LogP contribution in [0.3, 0.4) is 0 Å². The molecular weight excluding hydrogens is 256 g/mol. The Morgan fingerprint density at radius 3 is 2.68 bits per heavy atom. The molecule has 1 aliphatic rings. The zero-order chi connectivity index (χ0) is 13.7. The van der Waals surface area contributed by atoms with Gasteiger partial charge in [0.25, 0.3) is 0 Å². The molecule has 1 aromatic rings. The van der Waals surface area contributed by atoms with Gasteiger partial charge in [-0.15, -0.1) is 11.8 Å². The summed E-state index contributed by atoms with van der Waals surface area (Å²) in [4.78, 5) is 1.28. The predicted octanol–water partition coefficient (Wildman–Crippen LogP) is 2.57. The number of hydrogen-bond acceptors (Lipinski definition) is 4. The van der Waals surface area contributed by atoms with E-state index in [9.17, 15) is 0 Å². The van der Waals surface area contributed by atoms with Gasteiger partial charge in [-0.2, -0.15) is 0 Å². The van der Waals surface area contributed by atoms with Crippen LogP contribution in [0.1, 0.15) is 31.4 Å². The molecule has 19 heavy (non-hydrogen) atoms. The maximum Gasteiger partial charge on any atom is 0.0779 e. The average Bonchev–Trinajstić information content (AvgIpc) is 2.87. The van der Waals surface area contributed by atoms with Crippen molar-refractivity contribution in [2.24, 2.45) is 5.73 Å². The summed E-state index contributed by atoms with van der Waals surface area (Å²) < 4.78 is 5.80. The van der Waals surface area contributed by atoms with Crippen LogP contribution < -0.4 is 11.1 Å². The molecule has 1 aromatic carbocycles. The molecule has 106 valence electrons. The van der Waals surface area contributed by atoms with Gasteiger partial charge in [0.1, 0.15) is 0 Å². The molecule has 0 spiro atoms. The largest absolute Gasteiger partial charge is 0.374 e. The van der Waals surface area contributed by atoms with Gasteiger partial charge in [0.05, 0.1) is 5.60 Å². The summed E-state index contributed by atoms with van der Waals surface area (Å²) in [6.45, 7) is 4.53. The van der Waals surface area contributed by atoms with Gasteiger partial charge in [-0.05, 0) is 43.7 Å². The maximum atomic E-state index is 5.89. The first-order chi connectivity index (χ1) is 9.17. The second kappa shape index (κ2) is 6.75. The third-order valence-electron chi connectivity index (χ3n) is 3.78. The third kappa shape index (κ3) is 3.96. The highest BCUT2D eigenvalue weighted by atomic mass is 32.2. The lowest BCUT2D eigenvalue weighted by molar-refractivity contribution is 0.0189. The monoisotopic (exact) mass is 280 g/mol. The highest BCUT2D eigenvalue weighted by Crippen LogP contribution is 2.25. The van der Waals surface area contributed by atoms with E-state index in [1.807, 2.05) is 0 Å². The Morgan fingerprint density at radius 1 is 1.42 bits per heavy atom. The van der Waals surface area contributed by atoms with Crippen LogP contribution >= 0.6 is 11.8 Å². The molecule has 1 fully saturated rings. The molecule has 2 rings (SSSR count). The minimum absolute atomic E-state index is 0.0212. The van der Waals surface area contributed by atoms with Crippen LogP contribution in [0, 0.1) is 0 Å². The van der Waals surface area contributed by atoms with E-state index in [-0.39, 0.29) is 11.6 Å². The van der Waals surface area contributed by atoms with Crippen LogP contribution in [0.25, 0.3) is 0 Å². The normalized spacial score (nSPS) is 24.6. The Kier molecular flexibility index (Phi) is 5.28. The molecule has 3 nitrogen and oxygen atoms in total. The van der Waals surface area contributed by atoms with Crippen molar-refractivity contribution >= 4 is 11.8 Å². The van der Waals surface area contributed by atoms with E-state index >= 15 is 0 Å². The topological polar surface area (TPSA) is 47.3 Å². The summed E-state index contributed by atoms with van der Waals surface area (Å²) in [6.07, 6.45) is 4.38. The third-order valence-corrected chi connectivity index (χ3v) is 4.52. The molecule has 0 amide bonds. The van der Waals surface area contributed by atoms with Crippen molar-refractivity contribution in [2.75, 3.05) is 26.0 Å². The first kappa shape index (κ1) is 14.9. The summed E-state index contributed by atoms with van der Waals surface area (Å²) in [5.74, 6) is 0. The predicted molar refractivity (Wildman–Crippen MR) is 81.6 cm³/mol. The number of rotatable bonds is 6. The molecule has 2 atom stereocenters. The van der Waals surface area contributed by atoms with Crippen molar-refractivity contribution < 1.29 is 4.74 Å². The summed E-state index contributed by atoms with van der Waals surface area (Å²) in [7, 11) is 0. The van der Waals surface area contributed by atoms with Crippen LogP contribution in [-0.2, 0) is 4.74 Å². The van der Waals surface area contributed by atoms with Gasteiger partial charge in [-0.1, -0.05) is 12.1 Å². The van der Waals surface area contributed by atoms with Crippen molar-refractivity contribution in [2.45, 2.75) is 36.3 Å². The number of nitrogens with one attached hydrogen (secondary N) is 1. The van der Waals surface area contributed by atoms with E-state index in [1.165, 1.54) is 10.5 Å². The molecular formula is C15H24N2OS. The lowest BCUT2D eigenvalue weighted by Crippen LogP contribution is -2.40. The minimum Gasteiger partial charge on any atom is -0.374 e. The molecule has 0 bridgehead atoms. The summed E-state index contributed by atoms with van der Waals surface area (Å²) >= 11 is 1.76. The quantitative estimate of drug-likeness (QED) is 0.786. The van der Waals surface area contributed by atoms with Crippen LogP contribution in [0.15, 0.2) is 29.2 Å². The van der Waals surface area contributed by atoms with Gasteiger partial charge in [-0.3, -0.25) is 0 Å². The molecule has 3 N–H and O–H groups in total. The van der Waals surface area contributed by atoms with E-state index < -0.39 is 0 Å². The van der Waals surface area contributed by atoms with Crippen molar-refractivity contribution in [1.29, 1.82) is 0 Å². The lowest BCUT2D eigenvalue weighted by atomic mass is 10.0.